The largest absolute Gasteiger partial charge is 0.317 e. The normalized spacial score (nSPS) is 28.4. The third-order valence-corrected chi connectivity index (χ3v) is 3.35. The smallest absolute Gasteiger partial charge is 0.00463 e. The number of nitrogens with one attached hydrogen (secondary N) is 1. The standard InChI is InChI=1S/C10H19N/c1-2-9(3-1)8-10-4-6-11-7-5-10/h9-11H,1-8H2. The lowest BCUT2D eigenvalue weighted by molar-refractivity contribution is 0.221. The van der Waals surface area contributed by atoms with E-state index in [-0.39, 0.29) is 0 Å². The zero-order chi connectivity index (χ0) is 7.52. The Hall–Kier alpha value is -0.0400. The van der Waals surface area contributed by atoms with Gasteiger partial charge in [0.15, 0.2) is 0 Å². The molecular weight excluding hydrogens is 134 g/mol. The molecule has 0 atom stereocenters. The van der Waals surface area contributed by atoms with Crippen molar-refractivity contribution in [1.82, 2.24) is 5.32 Å². The SMILES string of the molecule is C1CC(CC2CCNCC2)C1. The van der Waals surface area contributed by atoms with Crippen LogP contribution in [-0.4, -0.2) is 13.1 Å². The van der Waals surface area contributed by atoms with Crippen LogP contribution < -0.4 is 5.32 Å². The lowest BCUT2D eigenvalue weighted by atomic mass is 9.77. The number of hydrogen-bond donors (Lipinski definition) is 1. The highest BCUT2D eigenvalue weighted by Crippen LogP contribution is 2.34. The van der Waals surface area contributed by atoms with E-state index in [2.05, 4.69) is 5.32 Å². The first kappa shape index (κ1) is 7.60. The molecule has 1 nitrogen and oxygen atoms in total. The second kappa shape index (κ2) is 3.57. The topological polar surface area (TPSA) is 12.0 Å². The maximum absolute atomic E-state index is 3.42. The van der Waals surface area contributed by atoms with Crippen molar-refractivity contribution in [1.29, 1.82) is 0 Å². The molecule has 0 radical (unpaired) electrons. The van der Waals surface area contributed by atoms with Gasteiger partial charge in [-0.2, -0.15) is 0 Å². The van der Waals surface area contributed by atoms with Crippen molar-refractivity contribution >= 4 is 0 Å². The molecule has 0 bridgehead atoms. The molecular formula is C10H19N. The minimum absolute atomic E-state index is 1.07. The lowest BCUT2D eigenvalue weighted by Gasteiger charge is -2.31. The first-order chi connectivity index (χ1) is 5.45. The van der Waals surface area contributed by atoms with Crippen molar-refractivity contribution in [2.24, 2.45) is 11.8 Å². The van der Waals surface area contributed by atoms with Crippen molar-refractivity contribution in [3.05, 3.63) is 0 Å². The van der Waals surface area contributed by atoms with E-state index in [0.717, 1.165) is 11.8 Å². The molecule has 1 N–H and O–H groups in total. The Kier molecular flexibility index (Phi) is 2.47. The van der Waals surface area contributed by atoms with Crippen LogP contribution in [0, 0.1) is 11.8 Å². The predicted octanol–water partition coefficient (Wildman–Crippen LogP) is 2.18. The van der Waals surface area contributed by atoms with Crippen molar-refractivity contribution in [2.45, 2.75) is 38.5 Å². The van der Waals surface area contributed by atoms with Gasteiger partial charge in [0.2, 0.25) is 0 Å². The van der Waals surface area contributed by atoms with Crippen LogP contribution in [0.25, 0.3) is 0 Å². The van der Waals surface area contributed by atoms with Crippen molar-refractivity contribution in [3.63, 3.8) is 0 Å². The molecule has 1 saturated carbocycles. The third-order valence-electron chi connectivity index (χ3n) is 3.35. The fourth-order valence-electron chi connectivity index (χ4n) is 2.32. The quantitative estimate of drug-likeness (QED) is 0.641. The molecule has 1 aliphatic heterocycles. The summed E-state index contributed by atoms with van der Waals surface area (Å²) in [5.41, 5.74) is 0. The van der Waals surface area contributed by atoms with Crippen LogP contribution in [0.4, 0.5) is 0 Å². The maximum atomic E-state index is 3.42. The highest BCUT2D eigenvalue weighted by molar-refractivity contribution is 4.76. The second-order valence-corrected chi connectivity index (χ2v) is 4.23. The fraction of sp³-hybridized carbons (Fsp3) is 1.00. The molecule has 0 aromatic heterocycles. The Bertz CT molecular complexity index is 112. The highest BCUT2D eigenvalue weighted by atomic mass is 14.9. The summed E-state index contributed by atoms with van der Waals surface area (Å²) < 4.78 is 0. The Morgan fingerprint density at radius 3 is 2.09 bits per heavy atom. The summed E-state index contributed by atoms with van der Waals surface area (Å²) in [6.07, 6.45) is 9.00. The summed E-state index contributed by atoms with van der Waals surface area (Å²) in [6, 6.07) is 0. The molecule has 2 aliphatic rings. The van der Waals surface area contributed by atoms with Crippen LogP contribution in [0.1, 0.15) is 38.5 Å². The van der Waals surface area contributed by atoms with Gasteiger partial charge in [0.1, 0.15) is 0 Å². The first-order valence-corrected chi connectivity index (χ1v) is 5.16. The van der Waals surface area contributed by atoms with Crippen molar-refractivity contribution in [2.75, 3.05) is 13.1 Å². The minimum atomic E-state index is 1.07. The Morgan fingerprint density at radius 1 is 0.909 bits per heavy atom. The zero-order valence-electron chi connectivity index (χ0n) is 7.31. The highest BCUT2D eigenvalue weighted by Gasteiger charge is 2.22. The van der Waals surface area contributed by atoms with E-state index < -0.39 is 0 Å². The lowest BCUT2D eigenvalue weighted by Crippen LogP contribution is -2.29. The average Bonchev–Trinajstić information content (AvgIpc) is 1.99. The molecule has 1 saturated heterocycles. The molecule has 0 amide bonds. The average molecular weight is 153 g/mol. The molecule has 2 fully saturated rings. The summed E-state index contributed by atoms with van der Waals surface area (Å²) in [6.45, 7) is 2.55. The molecule has 2 rings (SSSR count). The molecule has 0 unspecified atom stereocenters. The summed E-state index contributed by atoms with van der Waals surface area (Å²) in [7, 11) is 0. The zero-order valence-corrected chi connectivity index (χ0v) is 7.31. The number of hydrogen-bond acceptors (Lipinski definition) is 1. The van der Waals surface area contributed by atoms with Crippen LogP contribution in [0.3, 0.4) is 0 Å². The van der Waals surface area contributed by atoms with E-state index in [0.29, 0.717) is 0 Å². The van der Waals surface area contributed by atoms with Crippen LogP contribution >= 0.6 is 0 Å². The minimum Gasteiger partial charge on any atom is -0.317 e. The molecule has 11 heavy (non-hydrogen) atoms. The van der Waals surface area contributed by atoms with Crippen LogP contribution in [0.15, 0.2) is 0 Å². The third kappa shape index (κ3) is 1.96. The summed E-state index contributed by atoms with van der Waals surface area (Å²) in [5, 5.41) is 3.42. The molecule has 0 spiro atoms. The molecule has 1 heteroatoms. The Balaban J connectivity index is 1.67. The van der Waals surface area contributed by atoms with Crippen LogP contribution in [0.5, 0.6) is 0 Å². The molecule has 0 aromatic carbocycles. The fourth-order valence-corrected chi connectivity index (χ4v) is 2.32. The maximum Gasteiger partial charge on any atom is -0.00463 e. The van der Waals surface area contributed by atoms with Gasteiger partial charge in [-0.15, -0.1) is 0 Å². The number of piperidine rings is 1. The first-order valence-electron chi connectivity index (χ1n) is 5.16. The van der Waals surface area contributed by atoms with Crippen molar-refractivity contribution in [3.8, 4) is 0 Å². The van der Waals surface area contributed by atoms with E-state index in [1.807, 2.05) is 0 Å². The van der Waals surface area contributed by atoms with Gasteiger partial charge < -0.3 is 5.32 Å². The van der Waals surface area contributed by atoms with Gasteiger partial charge >= 0.3 is 0 Å². The van der Waals surface area contributed by atoms with Crippen LogP contribution in [-0.2, 0) is 0 Å². The van der Waals surface area contributed by atoms with Gasteiger partial charge in [-0.05, 0) is 44.2 Å². The summed E-state index contributed by atoms with van der Waals surface area (Å²) in [4.78, 5) is 0. The Morgan fingerprint density at radius 2 is 1.55 bits per heavy atom. The molecule has 0 aromatic rings. The van der Waals surface area contributed by atoms with Gasteiger partial charge in [0.05, 0.1) is 0 Å². The summed E-state index contributed by atoms with van der Waals surface area (Å²) >= 11 is 0. The van der Waals surface area contributed by atoms with E-state index in [9.17, 15) is 0 Å². The van der Waals surface area contributed by atoms with E-state index in [4.69, 9.17) is 0 Å². The van der Waals surface area contributed by atoms with Crippen molar-refractivity contribution < 1.29 is 0 Å². The van der Waals surface area contributed by atoms with E-state index >= 15 is 0 Å². The van der Waals surface area contributed by atoms with E-state index in [1.54, 1.807) is 6.42 Å². The molecule has 64 valence electrons. The van der Waals surface area contributed by atoms with Gasteiger partial charge in [0, 0.05) is 0 Å². The monoisotopic (exact) mass is 153 g/mol. The van der Waals surface area contributed by atoms with E-state index in [1.165, 1.54) is 45.2 Å². The second-order valence-electron chi connectivity index (χ2n) is 4.23. The van der Waals surface area contributed by atoms with Gasteiger partial charge in [-0.25, -0.2) is 0 Å². The predicted molar refractivity (Wildman–Crippen MR) is 47.6 cm³/mol. The van der Waals surface area contributed by atoms with Crippen LogP contribution in [0.2, 0.25) is 0 Å². The van der Waals surface area contributed by atoms with Gasteiger partial charge in [0.25, 0.3) is 0 Å². The Labute approximate surface area is 69.6 Å². The van der Waals surface area contributed by atoms with Gasteiger partial charge in [-0.1, -0.05) is 19.3 Å². The van der Waals surface area contributed by atoms with Gasteiger partial charge in [-0.3, -0.25) is 0 Å². The number of rotatable bonds is 2. The molecule has 1 heterocycles. The molecule has 1 aliphatic carbocycles. The summed E-state index contributed by atoms with van der Waals surface area (Å²) in [5.74, 6) is 2.19.